The van der Waals surface area contributed by atoms with E-state index in [0.29, 0.717) is 5.56 Å². The summed E-state index contributed by atoms with van der Waals surface area (Å²) >= 11 is 0. The number of nitrogens with one attached hydrogen (secondary N) is 1. The number of benzene rings is 1. The Morgan fingerprint density at radius 2 is 1.86 bits per heavy atom. The maximum atomic E-state index is 12.4. The first-order valence-corrected chi connectivity index (χ1v) is 6.03. The van der Waals surface area contributed by atoms with Gasteiger partial charge in [-0.25, -0.2) is 4.79 Å². The molecule has 0 aliphatic carbocycles. The predicted molar refractivity (Wildman–Crippen MR) is 69.5 cm³/mol. The smallest absolute Gasteiger partial charge is 0.416 e. The number of aliphatic carboxylic acids is 1. The van der Waals surface area contributed by atoms with Gasteiger partial charge in [0.05, 0.1) is 12.0 Å². The molecule has 0 saturated carbocycles. The number of halogens is 3. The molecule has 0 unspecified atom stereocenters. The van der Waals surface area contributed by atoms with Crippen LogP contribution in [0, 0.1) is 0 Å². The number of alkyl halides is 3. The number of hydrogen-bond acceptors (Lipinski definition) is 2. The lowest BCUT2D eigenvalue weighted by Crippen LogP contribution is -2.41. The quantitative estimate of drug-likeness (QED) is 0.793. The van der Waals surface area contributed by atoms with Crippen LogP contribution in [0.15, 0.2) is 36.9 Å². The molecule has 1 rings (SSSR count). The van der Waals surface area contributed by atoms with Crippen LogP contribution in [-0.2, 0) is 22.2 Å². The molecule has 4 nitrogen and oxygen atoms in total. The third kappa shape index (κ3) is 5.29. The van der Waals surface area contributed by atoms with Crippen molar-refractivity contribution >= 4 is 11.9 Å². The van der Waals surface area contributed by atoms with Gasteiger partial charge >= 0.3 is 12.1 Å². The molecule has 2 N–H and O–H groups in total. The topological polar surface area (TPSA) is 66.4 Å². The van der Waals surface area contributed by atoms with Gasteiger partial charge in [0.15, 0.2) is 0 Å². The summed E-state index contributed by atoms with van der Waals surface area (Å²) < 4.78 is 37.1. The SMILES string of the molecule is C=CC[C@@H](NC(=O)Cc1ccc(C(F)(F)F)cc1)C(=O)O. The molecule has 0 saturated heterocycles. The van der Waals surface area contributed by atoms with Crippen molar-refractivity contribution in [3.8, 4) is 0 Å². The van der Waals surface area contributed by atoms with E-state index in [1.165, 1.54) is 18.2 Å². The number of carboxylic acid groups (broad SMARTS) is 1. The zero-order valence-corrected chi connectivity index (χ0v) is 11.0. The fourth-order valence-corrected chi connectivity index (χ4v) is 1.63. The van der Waals surface area contributed by atoms with Gasteiger partial charge in [-0.15, -0.1) is 6.58 Å². The van der Waals surface area contributed by atoms with Crippen LogP contribution in [0.2, 0.25) is 0 Å². The molecule has 0 radical (unpaired) electrons. The van der Waals surface area contributed by atoms with E-state index < -0.39 is 29.7 Å². The zero-order valence-electron chi connectivity index (χ0n) is 11.0. The average molecular weight is 301 g/mol. The Hall–Kier alpha value is -2.31. The third-order valence-corrected chi connectivity index (χ3v) is 2.68. The van der Waals surface area contributed by atoms with Gasteiger partial charge < -0.3 is 10.4 Å². The molecule has 0 fully saturated rings. The monoisotopic (exact) mass is 301 g/mol. The van der Waals surface area contributed by atoms with Crippen molar-refractivity contribution in [2.75, 3.05) is 0 Å². The molecule has 0 heterocycles. The van der Waals surface area contributed by atoms with E-state index in [0.717, 1.165) is 12.1 Å². The zero-order chi connectivity index (χ0) is 16.0. The average Bonchev–Trinajstić information content (AvgIpc) is 2.37. The van der Waals surface area contributed by atoms with E-state index in [1.54, 1.807) is 0 Å². The van der Waals surface area contributed by atoms with Crippen LogP contribution in [0.4, 0.5) is 13.2 Å². The van der Waals surface area contributed by atoms with E-state index in [2.05, 4.69) is 11.9 Å². The lowest BCUT2D eigenvalue weighted by atomic mass is 10.1. The first-order chi connectivity index (χ1) is 9.74. The van der Waals surface area contributed by atoms with Crippen LogP contribution in [0.5, 0.6) is 0 Å². The molecule has 0 aliphatic heterocycles. The summed E-state index contributed by atoms with van der Waals surface area (Å²) in [7, 11) is 0. The second-order valence-electron chi connectivity index (χ2n) is 4.35. The summed E-state index contributed by atoms with van der Waals surface area (Å²) in [5.41, 5.74) is -0.440. The lowest BCUT2D eigenvalue weighted by Gasteiger charge is -2.13. The van der Waals surface area contributed by atoms with Gasteiger partial charge in [0, 0.05) is 0 Å². The molecular weight excluding hydrogens is 287 g/mol. The molecule has 0 aromatic heterocycles. The first-order valence-electron chi connectivity index (χ1n) is 6.03. The minimum absolute atomic E-state index is 0.0636. The van der Waals surface area contributed by atoms with E-state index >= 15 is 0 Å². The van der Waals surface area contributed by atoms with Crippen molar-refractivity contribution in [3.05, 3.63) is 48.0 Å². The van der Waals surface area contributed by atoms with Gasteiger partial charge in [-0.2, -0.15) is 13.2 Å². The molecule has 1 atom stereocenters. The largest absolute Gasteiger partial charge is 0.480 e. The summed E-state index contributed by atoms with van der Waals surface area (Å²) in [5, 5.41) is 11.1. The van der Waals surface area contributed by atoms with Crippen LogP contribution >= 0.6 is 0 Å². The van der Waals surface area contributed by atoms with Crippen molar-refractivity contribution in [3.63, 3.8) is 0 Å². The number of carboxylic acids is 1. The summed E-state index contributed by atoms with van der Waals surface area (Å²) in [6.07, 6.45) is -3.20. The second kappa shape index (κ2) is 6.92. The van der Waals surface area contributed by atoms with Crippen molar-refractivity contribution in [2.45, 2.75) is 25.1 Å². The Labute approximate surface area is 119 Å². The molecule has 0 bridgehead atoms. The highest BCUT2D eigenvalue weighted by atomic mass is 19.4. The minimum atomic E-state index is -4.43. The molecule has 21 heavy (non-hydrogen) atoms. The molecular formula is C14H14F3NO3. The van der Waals surface area contributed by atoms with E-state index in [-0.39, 0.29) is 12.8 Å². The van der Waals surface area contributed by atoms with E-state index in [1.807, 2.05) is 0 Å². The van der Waals surface area contributed by atoms with Crippen LogP contribution in [0.25, 0.3) is 0 Å². The number of carbonyl (C=O) groups excluding carboxylic acids is 1. The minimum Gasteiger partial charge on any atom is -0.480 e. The number of rotatable bonds is 6. The third-order valence-electron chi connectivity index (χ3n) is 2.68. The molecule has 1 aromatic carbocycles. The van der Waals surface area contributed by atoms with Gasteiger partial charge in [-0.1, -0.05) is 18.2 Å². The summed E-state index contributed by atoms with van der Waals surface area (Å²) in [5.74, 6) is -1.78. The van der Waals surface area contributed by atoms with Crippen molar-refractivity contribution < 1.29 is 27.9 Å². The highest BCUT2D eigenvalue weighted by molar-refractivity contribution is 5.84. The van der Waals surface area contributed by atoms with Gasteiger partial charge in [0.2, 0.25) is 5.91 Å². The maximum Gasteiger partial charge on any atom is 0.416 e. The van der Waals surface area contributed by atoms with E-state index in [4.69, 9.17) is 5.11 Å². The van der Waals surface area contributed by atoms with Gasteiger partial charge in [0.1, 0.15) is 6.04 Å². The number of carbonyl (C=O) groups is 2. The second-order valence-corrected chi connectivity index (χ2v) is 4.35. The normalized spacial score (nSPS) is 12.5. The Balaban J connectivity index is 2.66. The van der Waals surface area contributed by atoms with Gasteiger partial charge in [-0.05, 0) is 24.1 Å². The van der Waals surface area contributed by atoms with Gasteiger partial charge in [-0.3, -0.25) is 4.79 Å². The highest BCUT2D eigenvalue weighted by Crippen LogP contribution is 2.29. The fraction of sp³-hybridized carbons (Fsp3) is 0.286. The van der Waals surface area contributed by atoms with Crippen LogP contribution in [0.3, 0.4) is 0 Å². The highest BCUT2D eigenvalue weighted by Gasteiger charge is 2.30. The first kappa shape index (κ1) is 16.7. The lowest BCUT2D eigenvalue weighted by molar-refractivity contribution is -0.141. The van der Waals surface area contributed by atoms with Gasteiger partial charge in [0.25, 0.3) is 0 Å². The Kier molecular flexibility index (Phi) is 5.52. The number of amides is 1. The Morgan fingerprint density at radius 3 is 2.29 bits per heavy atom. The van der Waals surface area contributed by atoms with Crippen LogP contribution in [0.1, 0.15) is 17.5 Å². The van der Waals surface area contributed by atoms with Crippen LogP contribution in [-0.4, -0.2) is 23.0 Å². The maximum absolute atomic E-state index is 12.4. The molecule has 1 aromatic rings. The van der Waals surface area contributed by atoms with Crippen molar-refractivity contribution in [1.29, 1.82) is 0 Å². The van der Waals surface area contributed by atoms with Crippen molar-refractivity contribution in [2.24, 2.45) is 0 Å². The summed E-state index contributed by atoms with van der Waals surface area (Å²) in [6.45, 7) is 3.39. The Morgan fingerprint density at radius 1 is 1.29 bits per heavy atom. The predicted octanol–water partition coefficient (Wildman–Crippen LogP) is 2.39. The van der Waals surface area contributed by atoms with E-state index in [9.17, 15) is 22.8 Å². The summed E-state index contributed by atoms with van der Waals surface area (Å²) in [6, 6.07) is 3.03. The van der Waals surface area contributed by atoms with Crippen molar-refractivity contribution in [1.82, 2.24) is 5.32 Å². The standard InChI is InChI=1S/C14H14F3NO3/c1-2-3-11(13(20)21)18-12(19)8-9-4-6-10(7-5-9)14(15,16)17/h2,4-7,11H,1,3,8H2,(H,18,19)(H,20,21)/t11-/m1/s1. The molecule has 1 amide bonds. The molecule has 0 aliphatic rings. The molecule has 0 spiro atoms. The molecule has 114 valence electrons. The Bertz CT molecular complexity index is 523. The summed E-state index contributed by atoms with van der Waals surface area (Å²) in [4.78, 5) is 22.5. The number of hydrogen-bond donors (Lipinski definition) is 2. The fourth-order valence-electron chi connectivity index (χ4n) is 1.63. The molecule has 7 heteroatoms. The van der Waals surface area contributed by atoms with Crippen LogP contribution < -0.4 is 5.32 Å².